The molecule has 1 rings (SSSR count). The molecule has 0 bridgehead atoms. The summed E-state index contributed by atoms with van der Waals surface area (Å²) in [6.07, 6.45) is 0.937. The van der Waals surface area contributed by atoms with Crippen molar-refractivity contribution in [3.8, 4) is 0 Å². The number of hydrazine groups is 1. The molecule has 0 saturated heterocycles. The van der Waals surface area contributed by atoms with Crippen molar-refractivity contribution in [2.45, 2.75) is 13.3 Å². The molecule has 0 atom stereocenters. The van der Waals surface area contributed by atoms with Gasteiger partial charge in [0, 0.05) is 12.6 Å². The second kappa shape index (κ2) is 6.22. The van der Waals surface area contributed by atoms with Crippen molar-refractivity contribution in [2.75, 3.05) is 12.0 Å². The Morgan fingerprint density at radius 1 is 1.38 bits per heavy atom. The van der Waals surface area contributed by atoms with Crippen LogP contribution in [0.25, 0.3) is 0 Å². The van der Waals surface area contributed by atoms with Gasteiger partial charge in [0.1, 0.15) is 5.82 Å². The smallest absolute Gasteiger partial charge is 0.185 e. The summed E-state index contributed by atoms with van der Waals surface area (Å²) in [5, 5.41) is 3.26. The molecule has 3 N–H and O–H groups in total. The highest BCUT2D eigenvalue weighted by atomic mass is 32.1. The van der Waals surface area contributed by atoms with Crippen molar-refractivity contribution in [2.24, 2.45) is 0 Å². The number of benzene rings is 1. The van der Waals surface area contributed by atoms with Crippen LogP contribution in [0, 0.1) is 11.6 Å². The number of anilines is 1. The maximum absolute atomic E-state index is 13.1. The van der Waals surface area contributed by atoms with Crippen molar-refractivity contribution in [3.05, 3.63) is 29.8 Å². The summed E-state index contributed by atoms with van der Waals surface area (Å²) in [5.74, 6) is -1.29. The van der Waals surface area contributed by atoms with Crippen molar-refractivity contribution >= 4 is 23.0 Å². The molecule has 3 nitrogen and oxygen atoms in total. The van der Waals surface area contributed by atoms with Gasteiger partial charge in [-0.25, -0.2) is 8.78 Å². The molecule has 16 heavy (non-hydrogen) atoms. The van der Waals surface area contributed by atoms with Crippen LogP contribution in [0.3, 0.4) is 0 Å². The summed E-state index contributed by atoms with van der Waals surface area (Å²) in [5.41, 5.74) is 5.30. The second-order valence-corrected chi connectivity index (χ2v) is 3.54. The van der Waals surface area contributed by atoms with E-state index in [4.69, 9.17) is 12.2 Å². The Labute approximate surface area is 98.2 Å². The molecule has 0 saturated carbocycles. The zero-order valence-corrected chi connectivity index (χ0v) is 9.63. The summed E-state index contributed by atoms with van der Waals surface area (Å²) < 4.78 is 25.7. The summed E-state index contributed by atoms with van der Waals surface area (Å²) in [6.45, 7) is 2.74. The van der Waals surface area contributed by atoms with Gasteiger partial charge in [-0.2, -0.15) is 0 Å². The Hall–Kier alpha value is -1.43. The molecule has 6 heteroatoms. The highest BCUT2D eigenvalue weighted by Gasteiger charge is 2.03. The number of hydrogen-bond acceptors (Lipinski definition) is 2. The SMILES string of the molecule is CCCNC(=S)NNc1ccc(F)cc1F. The summed E-state index contributed by atoms with van der Waals surface area (Å²) in [7, 11) is 0. The fourth-order valence-corrected chi connectivity index (χ4v) is 1.15. The minimum Gasteiger partial charge on any atom is -0.361 e. The van der Waals surface area contributed by atoms with E-state index < -0.39 is 11.6 Å². The lowest BCUT2D eigenvalue weighted by Gasteiger charge is -2.12. The lowest BCUT2D eigenvalue weighted by atomic mass is 10.3. The molecule has 0 fully saturated rings. The fourth-order valence-electron chi connectivity index (χ4n) is 0.998. The number of nitrogens with one attached hydrogen (secondary N) is 3. The van der Waals surface area contributed by atoms with E-state index in [2.05, 4.69) is 16.2 Å². The van der Waals surface area contributed by atoms with E-state index in [1.54, 1.807) is 0 Å². The molecule has 1 aromatic carbocycles. The van der Waals surface area contributed by atoms with Crippen LogP contribution < -0.4 is 16.2 Å². The Balaban J connectivity index is 2.45. The first-order valence-electron chi connectivity index (χ1n) is 4.88. The highest BCUT2D eigenvalue weighted by molar-refractivity contribution is 7.80. The van der Waals surface area contributed by atoms with Crippen LogP contribution in [0.1, 0.15) is 13.3 Å². The zero-order chi connectivity index (χ0) is 12.0. The predicted octanol–water partition coefficient (Wildman–Crippen LogP) is 2.17. The van der Waals surface area contributed by atoms with Gasteiger partial charge in [-0.15, -0.1) is 0 Å². The van der Waals surface area contributed by atoms with Gasteiger partial charge in [0.15, 0.2) is 10.9 Å². The molecular formula is C10H13F2N3S. The number of thiocarbonyl (C=S) groups is 1. The van der Waals surface area contributed by atoms with E-state index in [-0.39, 0.29) is 5.69 Å². The minimum absolute atomic E-state index is 0.141. The largest absolute Gasteiger partial charge is 0.361 e. The topological polar surface area (TPSA) is 36.1 Å². The van der Waals surface area contributed by atoms with Gasteiger partial charge in [0.2, 0.25) is 0 Å². The van der Waals surface area contributed by atoms with E-state index in [0.717, 1.165) is 25.1 Å². The normalized spacial score (nSPS) is 9.69. The molecular weight excluding hydrogens is 232 g/mol. The Morgan fingerprint density at radius 3 is 2.75 bits per heavy atom. The van der Waals surface area contributed by atoms with E-state index in [1.165, 1.54) is 6.07 Å². The third-order valence-electron chi connectivity index (χ3n) is 1.78. The van der Waals surface area contributed by atoms with Crippen LogP contribution in [-0.4, -0.2) is 11.7 Å². The standard InChI is InChI=1S/C10H13F2N3S/c1-2-5-13-10(16)15-14-9-4-3-7(11)6-8(9)12/h3-4,6,14H,2,5H2,1H3,(H2,13,15,16). The van der Waals surface area contributed by atoms with Gasteiger partial charge in [-0.1, -0.05) is 6.92 Å². The van der Waals surface area contributed by atoms with Crippen LogP contribution in [-0.2, 0) is 0 Å². The second-order valence-electron chi connectivity index (χ2n) is 3.13. The molecule has 1 aromatic rings. The molecule has 0 radical (unpaired) electrons. The van der Waals surface area contributed by atoms with Gasteiger partial charge in [0.25, 0.3) is 0 Å². The van der Waals surface area contributed by atoms with Gasteiger partial charge in [-0.05, 0) is 30.8 Å². The Bertz CT molecular complexity index is 371. The van der Waals surface area contributed by atoms with E-state index >= 15 is 0 Å². The minimum atomic E-state index is -0.675. The molecule has 0 aliphatic heterocycles. The lowest BCUT2D eigenvalue weighted by Crippen LogP contribution is -2.39. The van der Waals surface area contributed by atoms with Crippen molar-refractivity contribution in [1.82, 2.24) is 10.7 Å². The number of rotatable bonds is 4. The quantitative estimate of drug-likeness (QED) is 0.561. The van der Waals surface area contributed by atoms with Crippen molar-refractivity contribution in [1.29, 1.82) is 0 Å². The predicted molar refractivity (Wildman–Crippen MR) is 64.0 cm³/mol. The van der Waals surface area contributed by atoms with E-state index in [1.807, 2.05) is 6.92 Å². The maximum Gasteiger partial charge on any atom is 0.185 e. The van der Waals surface area contributed by atoms with Crippen molar-refractivity contribution < 1.29 is 8.78 Å². The maximum atomic E-state index is 13.1. The highest BCUT2D eigenvalue weighted by Crippen LogP contribution is 2.13. The van der Waals surface area contributed by atoms with Gasteiger partial charge >= 0.3 is 0 Å². The molecule has 88 valence electrons. The van der Waals surface area contributed by atoms with Crippen LogP contribution in [0.15, 0.2) is 18.2 Å². The first kappa shape index (κ1) is 12.6. The van der Waals surface area contributed by atoms with Crippen LogP contribution in [0.2, 0.25) is 0 Å². The third kappa shape index (κ3) is 3.98. The Kier molecular flexibility index (Phi) is 4.91. The van der Waals surface area contributed by atoms with Crippen LogP contribution in [0.5, 0.6) is 0 Å². The molecule has 0 amide bonds. The number of hydrogen-bond donors (Lipinski definition) is 3. The Morgan fingerprint density at radius 2 is 2.12 bits per heavy atom. The van der Waals surface area contributed by atoms with Gasteiger partial charge in [0.05, 0.1) is 5.69 Å². The molecule has 0 spiro atoms. The van der Waals surface area contributed by atoms with Crippen LogP contribution in [0.4, 0.5) is 14.5 Å². The lowest BCUT2D eigenvalue weighted by molar-refractivity contribution is 0.584. The summed E-state index contributed by atoms with van der Waals surface area (Å²) in [4.78, 5) is 0. The fraction of sp³-hybridized carbons (Fsp3) is 0.300. The van der Waals surface area contributed by atoms with Gasteiger partial charge in [-0.3, -0.25) is 10.9 Å². The molecule has 0 aromatic heterocycles. The summed E-state index contributed by atoms with van der Waals surface area (Å²) >= 11 is 4.91. The summed E-state index contributed by atoms with van der Waals surface area (Å²) in [6, 6.07) is 3.25. The average Bonchev–Trinajstić information content (AvgIpc) is 2.25. The average molecular weight is 245 g/mol. The van der Waals surface area contributed by atoms with E-state index in [9.17, 15) is 8.78 Å². The first-order valence-corrected chi connectivity index (χ1v) is 5.29. The molecule has 0 unspecified atom stereocenters. The zero-order valence-electron chi connectivity index (χ0n) is 8.81. The number of halogens is 2. The van der Waals surface area contributed by atoms with Gasteiger partial charge < -0.3 is 5.32 Å². The van der Waals surface area contributed by atoms with E-state index in [0.29, 0.717) is 5.11 Å². The van der Waals surface area contributed by atoms with Crippen LogP contribution >= 0.6 is 12.2 Å². The monoisotopic (exact) mass is 245 g/mol. The third-order valence-corrected chi connectivity index (χ3v) is 2.02. The first-order chi connectivity index (χ1) is 7.63. The molecule has 0 aliphatic carbocycles. The molecule has 0 heterocycles. The van der Waals surface area contributed by atoms with Crippen molar-refractivity contribution in [3.63, 3.8) is 0 Å². The molecule has 0 aliphatic rings.